The van der Waals surface area contributed by atoms with Crippen LogP contribution in [0.3, 0.4) is 0 Å². The normalized spacial score (nSPS) is 12.1. The first-order chi connectivity index (χ1) is 11.3. The SMILES string of the molecule is CCCN(CCC)S(=O)(=O)c1cc(-c2onc(C)c2C)ccc1C. The van der Waals surface area contributed by atoms with Crippen molar-refractivity contribution in [3.8, 4) is 11.3 Å². The highest BCUT2D eigenvalue weighted by Crippen LogP contribution is 2.30. The van der Waals surface area contributed by atoms with Crippen molar-refractivity contribution in [1.82, 2.24) is 9.46 Å². The summed E-state index contributed by atoms with van der Waals surface area (Å²) in [6.45, 7) is 10.7. The lowest BCUT2D eigenvalue weighted by Crippen LogP contribution is -2.33. The molecule has 0 saturated heterocycles. The van der Waals surface area contributed by atoms with Crippen molar-refractivity contribution in [3.05, 3.63) is 35.0 Å². The van der Waals surface area contributed by atoms with Gasteiger partial charge in [0.25, 0.3) is 0 Å². The summed E-state index contributed by atoms with van der Waals surface area (Å²) in [5.41, 5.74) is 3.23. The summed E-state index contributed by atoms with van der Waals surface area (Å²) in [7, 11) is -3.52. The smallest absolute Gasteiger partial charge is 0.243 e. The first-order valence-electron chi connectivity index (χ1n) is 8.37. The maximum Gasteiger partial charge on any atom is 0.243 e. The van der Waals surface area contributed by atoms with Crippen LogP contribution in [0, 0.1) is 20.8 Å². The number of sulfonamides is 1. The zero-order valence-corrected chi connectivity index (χ0v) is 15.9. The molecule has 5 nitrogen and oxygen atoms in total. The Hall–Kier alpha value is -1.66. The Labute approximate surface area is 144 Å². The van der Waals surface area contributed by atoms with E-state index in [1.165, 1.54) is 0 Å². The fraction of sp³-hybridized carbons (Fsp3) is 0.500. The summed E-state index contributed by atoms with van der Waals surface area (Å²) >= 11 is 0. The van der Waals surface area contributed by atoms with E-state index in [1.807, 2.05) is 46.8 Å². The van der Waals surface area contributed by atoms with Gasteiger partial charge in [-0.1, -0.05) is 31.1 Å². The van der Waals surface area contributed by atoms with Crippen LogP contribution in [0.25, 0.3) is 11.3 Å². The van der Waals surface area contributed by atoms with Gasteiger partial charge in [-0.15, -0.1) is 0 Å². The van der Waals surface area contributed by atoms with Crippen LogP contribution in [-0.2, 0) is 10.0 Å². The molecule has 132 valence electrons. The first kappa shape index (κ1) is 18.7. The first-order valence-corrected chi connectivity index (χ1v) is 9.81. The summed E-state index contributed by atoms with van der Waals surface area (Å²) in [5.74, 6) is 0.626. The van der Waals surface area contributed by atoms with Crippen LogP contribution in [0.2, 0.25) is 0 Å². The van der Waals surface area contributed by atoms with E-state index in [-0.39, 0.29) is 0 Å². The van der Waals surface area contributed by atoms with Gasteiger partial charge in [0, 0.05) is 24.2 Å². The second-order valence-corrected chi connectivity index (χ2v) is 8.01. The maximum atomic E-state index is 13.1. The second-order valence-electron chi connectivity index (χ2n) is 6.11. The Morgan fingerprint density at radius 3 is 2.21 bits per heavy atom. The van der Waals surface area contributed by atoms with Crippen molar-refractivity contribution in [3.63, 3.8) is 0 Å². The number of nitrogens with zero attached hydrogens (tertiary/aromatic N) is 2. The van der Waals surface area contributed by atoms with E-state index in [9.17, 15) is 8.42 Å². The van der Waals surface area contributed by atoms with E-state index < -0.39 is 10.0 Å². The predicted molar refractivity (Wildman–Crippen MR) is 95.5 cm³/mol. The van der Waals surface area contributed by atoms with Crippen LogP contribution < -0.4 is 0 Å². The van der Waals surface area contributed by atoms with Gasteiger partial charge in [-0.3, -0.25) is 0 Å². The lowest BCUT2D eigenvalue weighted by Gasteiger charge is -2.22. The van der Waals surface area contributed by atoms with Crippen molar-refractivity contribution in [1.29, 1.82) is 0 Å². The Kier molecular flexibility index (Phi) is 5.83. The molecule has 0 aliphatic rings. The summed E-state index contributed by atoms with van der Waals surface area (Å²) in [6.07, 6.45) is 1.58. The van der Waals surface area contributed by atoms with E-state index in [0.29, 0.717) is 23.7 Å². The Morgan fingerprint density at radius 2 is 1.71 bits per heavy atom. The molecule has 0 spiro atoms. The highest BCUT2D eigenvalue weighted by molar-refractivity contribution is 7.89. The Bertz CT molecular complexity index is 804. The van der Waals surface area contributed by atoms with Crippen LogP contribution in [0.4, 0.5) is 0 Å². The van der Waals surface area contributed by atoms with Crippen LogP contribution in [0.15, 0.2) is 27.6 Å². The summed E-state index contributed by atoms with van der Waals surface area (Å²) in [4.78, 5) is 0.343. The molecule has 24 heavy (non-hydrogen) atoms. The van der Waals surface area contributed by atoms with Gasteiger partial charge >= 0.3 is 0 Å². The molecule has 0 radical (unpaired) electrons. The van der Waals surface area contributed by atoms with E-state index in [2.05, 4.69) is 5.16 Å². The minimum atomic E-state index is -3.52. The van der Waals surface area contributed by atoms with Gasteiger partial charge in [-0.25, -0.2) is 8.42 Å². The zero-order chi connectivity index (χ0) is 17.9. The average Bonchev–Trinajstić information content (AvgIpc) is 2.87. The van der Waals surface area contributed by atoms with Crippen LogP contribution in [0.1, 0.15) is 43.5 Å². The van der Waals surface area contributed by atoms with Gasteiger partial charge in [-0.2, -0.15) is 4.31 Å². The molecule has 0 amide bonds. The molecule has 0 bridgehead atoms. The largest absolute Gasteiger partial charge is 0.356 e. The Morgan fingerprint density at radius 1 is 1.08 bits per heavy atom. The van der Waals surface area contributed by atoms with Crippen molar-refractivity contribution < 1.29 is 12.9 Å². The highest BCUT2D eigenvalue weighted by Gasteiger charge is 2.26. The quantitative estimate of drug-likeness (QED) is 0.755. The molecular formula is C18H26N2O3S. The zero-order valence-electron chi connectivity index (χ0n) is 15.1. The van der Waals surface area contributed by atoms with Crippen molar-refractivity contribution in [2.45, 2.75) is 52.4 Å². The minimum absolute atomic E-state index is 0.343. The molecule has 0 N–H and O–H groups in total. The fourth-order valence-corrected chi connectivity index (χ4v) is 4.57. The molecule has 1 heterocycles. The molecule has 1 aromatic carbocycles. The number of aromatic nitrogens is 1. The van der Waals surface area contributed by atoms with E-state index >= 15 is 0 Å². The van der Waals surface area contributed by atoms with Crippen molar-refractivity contribution >= 4 is 10.0 Å². The van der Waals surface area contributed by atoms with Gasteiger partial charge in [-0.05, 0) is 45.2 Å². The third kappa shape index (κ3) is 3.54. The third-order valence-corrected chi connectivity index (χ3v) is 6.21. The summed E-state index contributed by atoms with van der Waals surface area (Å²) in [6, 6.07) is 5.41. The molecule has 1 aromatic heterocycles. The Balaban J connectivity index is 2.53. The number of aryl methyl sites for hydroxylation is 2. The van der Waals surface area contributed by atoms with Crippen LogP contribution in [-0.4, -0.2) is 31.0 Å². The number of hydrogen-bond donors (Lipinski definition) is 0. The summed E-state index contributed by atoms with van der Waals surface area (Å²) in [5, 5.41) is 3.97. The standard InChI is InChI=1S/C18H26N2O3S/c1-6-10-20(11-7-2)24(21,22)17-12-16(9-8-13(17)3)18-14(4)15(5)19-23-18/h8-9,12H,6-7,10-11H2,1-5H3. The second kappa shape index (κ2) is 7.49. The molecule has 0 aliphatic heterocycles. The molecule has 0 atom stereocenters. The minimum Gasteiger partial charge on any atom is -0.356 e. The van der Waals surface area contributed by atoms with Crippen molar-refractivity contribution in [2.75, 3.05) is 13.1 Å². The number of hydrogen-bond acceptors (Lipinski definition) is 4. The fourth-order valence-electron chi connectivity index (χ4n) is 2.69. The summed E-state index contributed by atoms with van der Waals surface area (Å²) < 4.78 is 33.1. The van der Waals surface area contributed by atoms with Gasteiger partial charge < -0.3 is 4.52 Å². The monoisotopic (exact) mass is 350 g/mol. The van der Waals surface area contributed by atoms with Gasteiger partial charge in [0.05, 0.1) is 10.6 Å². The van der Waals surface area contributed by atoms with E-state index in [0.717, 1.165) is 35.2 Å². The number of rotatable bonds is 7. The van der Waals surface area contributed by atoms with E-state index in [1.54, 1.807) is 10.4 Å². The molecular weight excluding hydrogens is 324 g/mol. The third-order valence-electron chi connectivity index (χ3n) is 4.17. The highest BCUT2D eigenvalue weighted by atomic mass is 32.2. The topological polar surface area (TPSA) is 63.4 Å². The van der Waals surface area contributed by atoms with Crippen LogP contribution in [0.5, 0.6) is 0 Å². The molecule has 0 unspecified atom stereocenters. The lowest BCUT2D eigenvalue weighted by molar-refractivity contribution is 0.409. The molecule has 2 aromatic rings. The molecule has 0 saturated carbocycles. The van der Waals surface area contributed by atoms with Crippen molar-refractivity contribution in [2.24, 2.45) is 0 Å². The molecule has 0 aliphatic carbocycles. The van der Waals surface area contributed by atoms with E-state index in [4.69, 9.17) is 4.52 Å². The molecule has 2 rings (SSSR count). The number of benzene rings is 1. The lowest BCUT2D eigenvalue weighted by atomic mass is 10.1. The van der Waals surface area contributed by atoms with Gasteiger partial charge in [0.1, 0.15) is 0 Å². The molecule has 0 fully saturated rings. The molecule has 6 heteroatoms. The maximum absolute atomic E-state index is 13.1. The average molecular weight is 350 g/mol. The van der Waals surface area contributed by atoms with Crippen LogP contribution >= 0.6 is 0 Å². The van der Waals surface area contributed by atoms with Gasteiger partial charge in [0.2, 0.25) is 10.0 Å². The predicted octanol–water partition coefficient (Wildman–Crippen LogP) is 4.08. The van der Waals surface area contributed by atoms with Gasteiger partial charge in [0.15, 0.2) is 5.76 Å².